The first-order valence-corrected chi connectivity index (χ1v) is 8.58. The zero-order valence-electron chi connectivity index (χ0n) is 15.8. The second kappa shape index (κ2) is 9.42. The molecule has 0 spiro atoms. The maximum atomic E-state index is 12.2. The molecule has 2 N–H and O–H groups in total. The number of hydrogen-bond acceptors (Lipinski definition) is 3. The predicted molar refractivity (Wildman–Crippen MR) is 99.3 cm³/mol. The molecule has 0 aromatic heterocycles. The Labute approximate surface area is 145 Å². The summed E-state index contributed by atoms with van der Waals surface area (Å²) in [6.07, 6.45) is 2.00. The van der Waals surface area contributed by atoms with Gasteiger partial charge in [-0.1, -0.05) is 31.0 Å². The van der Waals surface area contributed by atoms with Crippen LogP contribution >= 0.6 is 0 Å². The molecule has 0 aliphatic rings. The molecule has 0 radical (unpaired) electrons. The molecule has 0 unspecified atom stereocenters. The van der Waals surface area contributed by atoms with Crippen molar-refractivity contribution in [1.82, 2.24) is 10.2 Å². The van der Waals surface area contributed by atoms with E-state index >= 15 is 0 Å². The number of nitrogens with one attached hydrogen (secondary N) is 2. The van der Waals surface area contributed by atoms with Crippen LogP contribution in [-0.4, -0.2) is 42.9 Å². The number of anilines is 1. The first-order valence-electron chi connectivity index (χ1n) is 8.58. The van der Waals surface area contributed by atoms with E-state index in [0.717, 1.165) is 29.7 Å². The Bertz CT molecular complexity index is 561. The largest absolute Gasteiger partial charge is 0.353 e. The Morgan fingerprint density at radius 1 is 1.08 bits per heavy atom. The molecular weight excluding hydrogens is 302 g/mol. The Balaban J connectivity index is 2.52. The summed E-state index contributed by atoms with van der Waals surface area (Å²) in [5.41, 5.74) is 4.14. The van der Waals surface area contributed by atoms with Crippen LogP contribution < -0.4 is 10.6 Å². The number of likely N-dealkylation sites (N-methyl/N-ethyl adjacent to an activating group) is 1. The van der Waals surface area contributed by atoms with Crippen molar-refractivity contribution in [2.45, 2.75) is 53.5 Å². The molecule has 1 aromatic rings. The smallest absolute Gasteiger partial charge is 0.238 e. The van der Waals surface area contributed by atoms with Crippen LogP contribution in [0.15, 0.2) is 12.1 Å². The summed E-state index contributed by atoms with van der Waals surface area (Å²) in [6, 6.07) is 4.27. The SMILES string of the molecule is CCC[C@H](C)NC(=O)CN(C)CC(=O)Nc1c(C)cc(C)cc1C. The molecule has 5 nitrogen and oxygen atoms in total. The van der Waals surface area contributed by atoms with Crippen molar-refractivity contribution >= 4 is 17.5 Å². The van der Waals surface area contributed by atoms with Gasteiger partial charge in [0.2, 0.25) is 11.8 Å². The molecule has 0 aliphatic carbocycles. The van der Waals surface area contributed by atoms with Crippen LogP contribution in [0.2, 0.25) is 0 Å². The van der Waals surface area contributed by atoms with Crippen molar-refractivity contribution in [3.63, 3.8) is 0 Å². The monoisotopic (exact) mass is 333 g/mol. The van der Waals surface area contributed by atoms with Gasteiger partial charge in [0.1, 0.15) is 0 Å². The second-order valence-electron chi connectivity index (χ2n) is 6.75. The van der Waals surface area contributed by atoms with Gasteiger partial charge in [0.05, 0.1) is 13.1 Å². The number of aryl methyl sites for hydroxylation is 3. The molecular formula is C19H31N3O2. The number of carbonyl (C=O) groups excluding carboxylic acids is 2. The lowest BCUT2D eigenvalue weighted by Crippen LogP contribution is -2.42. The van der Waals surface area contributed by atoms with Crippen LogP contribution in [0.25, 0.3) is 0 Å². The minimum Gasteiger partial charge on any atom is -0.353 e. The predicted octanol–water partition coefficient (Wildman–Crippen LogP) is 2.79. The fourth-order valence-corrected chi connectivity index (χ4v) is 2.93. The van der Waals surface area contributed by atoms with Crippen molar-refractivity contribution in [1.29, 1.82) is 0 Å². The minimum atomic E-state index is -0.109. The molecule has 134 valence electrons. The number of benzene rings is 1. The summed E-state index contributed by atoms with van der Waals surface area (Å²) in [7, 11) is 1.78. The van der Waals surface area contributed by atoms with E-state index in [9.17, 15) is 9.59 Å². The van der Waals surface area contributed by atoms with Gasteiger partial charge in [0, 0.05) is 11.7 Å². The van der Waals surface area contributed by atoms with Crippen LogP contribution in [0.4, 0.5) is 5.69 Å². The Morgan fingerprint density at radius 3 is 2.17 bits per heavy atom. The summed E-state index contributed by atoms with van der Waals surface area (Å²) in [5, 5.41) is 5.91. The van der Waals surface area contributed by atoms with Gasteiger partial charge in [-0.2, -0.15) is 0 Å². The van der Waals surface area contributed by atoms with E-state index in [0.29, 0.717) is 0 Å². The molecule has 0 fully saturated rings. The maximum Gasteiger partial charge on any atom is 0.238 e. The van der Waals surface area contributed by atoms with Gasteiger partial charge >= 0.3 is 0 Å². The van der Waals surface area contributed by atoms with E-state index in [1.807, 2.05) is 27.7 Å². The van der Waals surface area contributed by atoms with E-state index in [2.05, 4.69) is 29.7 Å². The zero-order valence-corrected chi connectivity index (χ0v) is 15.8. The summed E-state index contributed by atoms with van der Waals surface area (Å²) in [6.45, 7) is 10.5. The molecule has 5 heteroatoms. The molecule has 1 atom stereocenters. The maximum absolute atomic E-state index is 12.2. The molecule has 1 rings (SSSR count). The van der Waals surface area contributed by atoms with Crippen LogP contribution in [-0.2, 0) is 9.59 Å². The standard InChI is InChI=1S/C19H31N3O2/c1-7-8-16(5)20-17(23)11-22(6)12-18(24)21-19-14(3)9-13(2)10-15(19)4/h9-10,16H,7-8,11-12H2,1-6H3,(H,20,23)(H,21,24)/t16-/m0/s1. The van der Waals surface area contributed by atoms with Gasteiger partial charge in [-0.05, 0) is 52.3 Å². The molecule has 0 bridgehead atoms. The highest BCUT2D eigenvalue weighted by atomic mass is 16.2. The van der Waals surface area contributed by atoms with Crippen molar-refractivity contribution < 1.29 is 9.59 Å². The third-order valence-corrected chi connectivity index (χ3v) is 3.90. The average molecular weight is 333 g/mol. The van der Waals surface area contributed by atoms with Gasteiger partial charge in [0.15, 0.2) is 0 Å². The quantitative estimate of drug-likeness (QED) is 0.769. The topological polar surface area (TPSA) is 61.4 Å². The molecule has 0 heterocycles. The van der Waals surface area contributed by atoms with Gasteiger partial charge in [-0.25, -0.2) is 0 Å². The normalized spacial score (nSPS) is 12.1. The van der Waals surface area contributed by atoms with Crippen molar-refractivity contribution in [3.8, 4) is 0 Å². The molecule has 24 heavy (non-hydrogen) atoms. The number of hydrogen-bond donors (Lipinski definition) is 2. The third-order valence-electron chi connectivity index (χ3n) is 3.90. The number of nitrogens with zero attached hydrogens (tertiary/aromatic N) is 1. The van der Waals surface area contributed by atoms with E-state index in [1.165, 1.54) is 5.56 Å². The highest BCUT2D eigenvalue weighted by Crippen LogP contribution is 2.21. The van der Waals surface area contributed by atoms with Crippen LogP contribution in [0, 0.1) is 20.8 Å². The Hall–Kier alpha value is -1.88. The lowest BCUT2D eigenvalue weighted by atomic mass is 10.1. The van der Waals surface area contributed by atoms with E-state index < -0.39 is 0 Å². The zero-order chi connectivity index (χ0) is 18.3. The lowest BCUT2D eigenvalue weighted by Gasteiger charge is -2.19. The van der Waals surface area contributed by atoms with E-state index in [-0.39, 0.29) is 30.9 Å². The fraction of sp³-hybridized carbons (Fsp3) is 0.579. The summed E-state index contributed by atoms with van der Waals surface area (Å²) in [4.78, 5) is 25.9. The van der Waals surface area contributed by atoms with Gasteiger partial charge in [-0.3, -0.25) is 14.5 Å². The molecule has 1 aromatic carbocycles. The first-order chi connectivity index (χ1) is 11.2. The Morgan fingerprint density at radius 2 is 1.62 bits per heavy atom. The van der Waals surface area contributed by atoms with Crippen LogP contribution in [0.3, 0.4) is 0 Å². The number of rotatable bonds is 8. The lowest BCUT2D eigenvalue weighted by molar-refractivity contribution is -0.123. The van der Waals surface area contributed by atoms with Crippen LogP contribution in [0.5, 0.6) is 0 Å². The van der Waals surface area contributed by atoms with Crippen LogP contribution in [0.1, 0.15) is 43.4 Å². The molecule has 2 amide bonds. The summed E-state index contributed by atoms with van der Waals surface area (Å²) < 4.78 is 0. The highest BCUT2D eigenvalue weighted by Gasteiger charge is 2.14. The fourth-order valence-electron chi connectivity index (χ4n) is 2.93. The van der Waals surface area contributed by atoms with Crippen molar-refractivity contribution in [2.75, 3.05) is 25.5 Å². The van der Waals surface area contributed by atoms with E-state index in [1.54, 1.807) is 11.9 Å². The Kier molecular flexibility index (Phi) is 7.92. The first kappa shape index (κ1) is 20.2. The third kappa shape index (κ3) is 6.71. The van der Waals surface area contributed by atoms with Crippen molar-refractivity contribution in [3.05, 3.63) is 28.8 Å². The molecule has 0 saturated heterocycles. The van der Waals surface area contributed by atoms with Gasteiger partial charge in [-0.15, -0.1) is 0 Å². The summed E-state index contributed by atoms with van der Waals surface area (Å²) in [5.74, 6) is -0.157. The highest BCUT2D eigenvalue weighted by molar-refractivity contribution is 5.94. The minimum absolute atomic E-state index is 0.0473. The van der Waals surface area contributed by atoms with E-state index in [4.69, 9.17) is 0 Å². The van der Waals surface area contributed by atoms with Gasteiger partial charge in [0.25, 0.3) is 0 Å². The molecule has 0 saturated carbocycles. The summed E-state index contributed by atoms with van der Waals surface area (Å²) >= 11 is 0. The van der Waals surface area contributed by atoms with Crippen molar-refractivity contribution in [2.24, 2.45) is 0 Å². The number of carbonyl (C=O) groups is 2. The molecule has 0 aliphatic heterocycles. The van der Waals surface area contributed by atoms with Gasteiger partial charge < -0.3 is 10.6 Å². The second-order valence-corrected chi connectivity index (χ2v) is 6.75. The number of amides is 2. The average Bonchev–Trinajstić information content (AvgIpc) is 2.42.